The van der Waals surface area contributed by atoms with Crippen molar-refractivity contribution < 1.29 is 0 Å². The molecule has 0 saturated heterocycles. The van der Waals surface area contributed by atoms with Crippen molar-refractivity contribution in [2.45, 2.75) is 26.8 Å². The molecule has 3 aromatic rings. The Labute approximate surface area is 119 Å². The van der Waals surface area contributed by atoms with Gasteiger partial charge >= 0.3 is 0 Å². The normalized spacial score (nSPS) is 13.3. The van der Waals surface area contributed by atoms with Crippen LogP contribution >= 0.6 is 23.6 Å². The van der Waals surface area contributed by atoms with Crippen LogP contribution in [0.1, 0.15) is 28.5 Å². The second-order valence-corrected chi connectivity index (χ2v) is 6.35. The molecule has 5 nitrogen and oxygen atoms in total. The average molecular weight is 293 g/mol. The topological polar surface area (TPSA) is 51.4 Å². The first-order chi connectivity index (χ1) is 8.99. The number of imidazole rings is 1. The van der Waals surface area contributed by atoms with Crippen molar-refractivity contribution in [2.75, 3.05) is 0 Å². The molecule has 19 heavy (non-hydrogen) atoms. The highest BCUT2D eigenvalue weighted by molar-refractivity contribution is 7.71. The molecule has 0 fully saturated rings. The third kappa shape index (κ3) is 1.84. The quantitative estimate of drug-likeness (QED) is 0.739. The molecule has 1 atom stereocenters. The van der Waals surface area contributed by atoms with Crippen LogP contribution in [0.4, 0.5) is 0 Å². The molecule has 3 aromatic heterocycles. The van der Waals surface area contributed by atoms with Gasteiger partial charge < -0.3 is 4.98 Å². The average Bonchev–Trinajstić information content (AvgIpc) is 2.97. The summed E-state index contributed by atoms with van der Waals surface area (Å²) in [6.07, 6.45) is 1.90. The number of hydrogen-bond acceptors (Lipinski definition) is 4. The van der Waals surface area contributed by atoms with Gasteiger partial charge in [-0.25, -0.2) is 4.98 Å². The fourth-order valence-electron chi connectivity index (χ4n) is 2.37. The van der Waals surface area contributed by atoms with E-state index in [-0.39, 0.29) is 6.04 Å². The van der Waals surface area contributed by atoms with E-state index in [4.69, 9.17) is 12.2 Å². The SMILES string of the molecule is Cc1cnc(C(C)n2c(=S)[nH]c3c(C)nn(C)c32)s1. The van der Waals surface area contributed by atoms with Crippen molar-refractivity contribution in [3.8, 4) is 0 Å². The van der Waals surface area contributed by atoms with E-state index in [2.05, 4.69) is 33.5 Å². The number of thiazole rings is 1. The number of aryl methyl sites for hydroxylation is 3. The Morgan fingerprint density at radius 2 is 2.16 bits per heavy atom. The fraction of sp³-hybridized carbons (Fsp3) is 0.417. The highest BCUT2D eigenvalue weighted by Crippen LogP contribution is 2.27. The molecule has 0 aliphatic heterocycles. The highest BCUT2D eigenvalue weighted by atomic mass is 32.1. The molecule has 100 valence electrons. The van der Waals surface area contributed by atoms with Crippen molar-refractivity contribution in [2.24, 2.45) is 7.05 Å². The van der Waals surface area contributed by atoms with Crippen molar-refractivity contribution in [3.05, 3.63) is 26.5 Å². The van der Waals surface area contributed by atoms with Gasteiger partial charge in [-0.3, -0.25) is 9.25 Å². The minimum Gasteiger partial charge on any atom is -0.328 e. The zero-order valence-corrected chi connectivity index (χ0v) is 12.9. The smallest absolute Gasteiger partial charge is 0.179 e. The first-order valence-electron chi connectivity index (χ1n) is 6.05. The molecule has 1 unspecified atom stereocenters. The first-order valence-corrected chi connectivity index (χ1v) is 7.27. The van der Waals surface area contributed by atoms with Gasteiger partial charge in [0.05, 0.1) is 11.7 Å². The minimum absolute atomic E-state index is 0.106. The third-order valence-electron chi connectivity index (χ3n) is 3.25. The van der Waals surface area contributed by atoms with Gasteiger partial charge in [0, 0.05) is 18.1 Å². The Balaban J connectivity index is 2.25. The maximum Gasteiger partial charge on any atom is 0.179 e. The highest BCUT2D eigenvalue weighted by Gasteiger charge is 2.19. The predicted octanol–water partition coefficient (Wildman–Crippen LogP) is 3.12. The summed E-state index contributed by atoms with van der Waals surface area (Å²) >= 11 is 7.15. The van der Waals surface area contributed by atoms with E-state index in [9.17, 15) is 0 Å². The zero-order chi connectivity index (χ0) is 13.7. The van der Waals surface area contributed by atoms with Crippen LogP contribution in [0.3, 0.4) is 0 Å². The number of aromatic amines is 1. The van der Waals surface area contributed by atoms with E-state index in [0.717, 1.165) is 21.9 Å². The molecule has 3 rings (SSSR count). The Morgan fingerprint density at radius 1 is 1.42 bits per heavy atom. The van der Waals surface area contributed by atoms with E-state index in [1.54, 1.807) is 11.3 Å². The van der Waals surface area contributed by atoms with E-state index in [1.807, 2.05) is 24.9 Å². The third-order valence-corrected chi connectivity index (χ3v) is 4.64. The minimum atomic E-state index is 0.106. The van der Waals surface area contributed by atoms with Crippen molar-refractivity contribution >= 4 is 34.7 Å². The largest absolute Gasteiger partial charge is 0.328 e. The lowest BCUT2D eigenvalue weighted by molar-refractivity contribution is 0.617. The molecular formula is C12H15N5S2. The van der Waals surface area contributed by atoms with Crippen LogP contribution in [0.15, 0.2) is 6.20 Å². The second-order valence-electron chi connectivity index (χ2n) is 4.69. The predicted molar refractivity (Wildman–Crippen MR) is 79.3 cm³/mol. The molecule has 0 aliphatic carbocycles. The number of aromatic nitrogens is 5. The van der Waals surface area contributed by atoms with Gasteiger partial charge in [-0.15, -0.1) is 11.3 Å². The van der Waals surface area contributed by atoms with Crippen LogP contribution in [0.2, 0.25) is 0 Å². The van der Waals surface area contributed by atoms with Gasteiger partial charge in [-0.1, -0.05) is 0 Å². The lowest BCUT2D eigenvalue weighted by atomic mass is 10.3. The van der Waals surface area contributed by atoms with E-state index in [1.165, 1.54) is 4.88 Å². The number of H-pyrrole nitrogens is 1. The number of hydrogen-bond donors (Lipinski definition) is 1. The van der Waals surface area contributed by atoms with Crippen LogP contribution in [-0.2, 0) is 7.05 Å². The number of nitrogens with one attached hydrogen (secondary N) is 1. The van der Waals surface area contributed by atoms with Gasteiger partial charge in [0.2, 0.25) is 0 Å². The fourth-order valence-corrected chi connectivity index (χ4v) is 3.53. The molecule has 0 spiro atoms. The van der Waals surface area contributed by atoms with E-state index < -0.39 is 0 Å². The summed E-state index contributed by atoms with van der Waals surface area (Å²) in [4.78, 5) is 8.92. The summed E-state index contributed by atoms with van der Waals surface area (Å²) in [5.74, 6) is 0. The van der Waals surface area contributed by atoms with E-state index in [0.29, 0.717) is 4.77 Å². The second kappa shape index (κ2) is 4.28. The molecule has 0 aromatic carbocycles. The van der Waals surface area contributed by atoms with Crippen molar-refractivity contribution in [1.29, 1.82) is 0 Å². The zero-order valence-electron chi connectivity index (χ0n) is 11.3. The molecular weight excluding hydrogens is 278 g/mol. The van der Waals surface area contributed by atoms with Gasteiger partial charge in [-0.2, -0.15) is 5.10 Å². The Kier molecular flexibility index (Phi) is 2.83. The first kappa shape index (κ1) is 12.6. The maximum absolute atomic E-state index is 5.45. The molecule has 0 amide bonds. The van der Waals surface area contributed by atoms with Crippen LogP contribution < -0.4 is 0 Å². The van der Waals surface area contributed by atoms with Gasteiger partial charge in [-0.05, 0) is 33.0 Å². The summed E-state index contributed by atoms with van der Waals surface area (Å²) in [7, 11) is 1.94. The van der Waals surface area contributed by atoms with Gasteiger partial charge in [0.15, 0.2) is 10.4 Å². The molecule has 3 heterocycles. The Hall–Kier alpha value is -1.47. The maximum atomic E-state index is 5.45. The van der Waals surface area contributed by atoms with Crippen molar-refractivity contribution in [3.63, 3.8) is 0 Å². The molecule has 0 bridgehead atoms. The Bertz CT molecular complexity index is 804. The number of nitrogens with zero attached hydrogens (tertiary/aromatic N) is 4. The van der Waals surface area contributed by atoms with Crippen LogP contribution in [0.25, 0.3) is 11.2 Å². The lowest BCUT2D eigenvalue weighted by Crippen LogP contribution is -2.09. The van der Waals surface area contributed by atoms with Crippen LogP contribution in [0.5, 0.6) is 0 Å². The standard InChI is InChI=1S/C12H15N5S2/c1-6-5-13-10(19-6)8(3)17-11-9(14-12(17)18)7(2)15-16(11)4/h5,8H,1-4H3,(H,14,18). The molecule has 0 radical (unpaired) electrons. The monoisotopic (exact) mass is 293 g/mol. The molecule has 7 heteroatoms. The van der Waals surface area contributed by atoms with E-state index >= 15 is 0 Å². The summed E-state index contributed by atoms with van der Waals surface area (Å²) in [5, 5.41) is 5.50. The van der Waals surface area contributed by atoms with Crippen molar-refractivity contribution in [1.82, 2.24) is 24.3 Å². The van der Waals surface area contributed by atoms with Gasteiger partial charge in [0.1, 0.15) is 10.5 Å². The lowest BCUT2D eigenvalue weighted by Gasteiger charge is -2.11. The van der Waals surface area contributed by atoms with Crippen LogP contribution in [0, 0.1) is 18.6 Å². The van der Waals surface area contributed by atoms with Gasteiger partial charge in [0.25, 0.3) is 0 Å². The number of rotatable bonds is 2. The summed E-state index contributed by atoms with van der Waals surface area (Å²) in [6.45, 7) is 6.16. The summed E-state index contributed by atoms with van der Waals surface area (Å²) < 4.78 is 4.67. The Morgan fingerprint density at radius 3 is 2.79 bits per heavy atom. The summed E-state index contributed by atoms with van der Waals surface area (Å²) in [6, 6.07) is 0.106. The molecule has 0 aliphatic rings. The molecule has 1 N–H and O–H groups in total. The summed E-state index contributed by atoms with van der Waals surface area (Å²) in [5.41, 5.74) is 2.99. The van der Waals surface area contributed by atoms with Crippen LogP contribution in [-0.4, -0.2) is 24.3 Å². The molecule has 0 saturated carbocycles. The number of fused-ring (bicyclic) bond motifs is 1.